The molecule has 1 saturated heterocycles. The zero-order chi connectivity index (χ0) is 23.3. The average Bonchev–Trinajstić information content (AvgIpc) is 3.02. The number of para-hydroxylation sites is 1. The van der Waals surface area contributed by atoms with E-state index in [1.165, 1.54) is 31.4 Å². The molecule has 1 aliphatic rings. The van der Waals surface area contributed by atoms with E-state index in [-0.39, 0.29) is 18.0 Å². The van der Waals surface area contributed by atoms with Gasteiger partial charge < -0.3 is 20.1 Å². The second-order valence-electron chi connectivity index (χ2n) is 6.53. The number of ether oxygens (including phenoxy) is 2. The molecule has 2 N–H and O–H groups in total. The van der Waals surface area contributed by atoms with Crippen LogP contribution in [0.25, 0.3) is 6.08 Å². The number of carbonyl (C=O) groups excluding carboxylic acids is 3. The zero-order valence-electron chi connectivity index (χ0n) is 17.0. The van der Waals surface area contributed by atoms with Gasteiger partial charge in [-0.25, -0.2) is 14.1 Å². The summed E-state index contributed by atoms with van der Waals surface area (Å²) in [5.41, 5.74) is 0.459. The SMILES string of the molecule is C=CCOc1cc(Br)c(/C=C2/NC(=O)N(CC(=O)Nc3ccccc3F)C2=O)cc1OC. The van der Waals surface area contributed by atoms with Gasteiger partial charge >= 0.3 is 6.03 Å². The van der Waals surface area contributed by atoms with Gasteiger partial charge in [0.25, 0.3) is 5.91 Å². The van der Waals surface area contributed by atoms with Gasteiger partial charge in [-0.15, -0.1) is 0 Å². The summed E-state index contributed by atoms with van der Waals surface area (Å²) >= 11 is 3.40. The van der Waals surface area contributed by atoms with Gasteiger partial charge in [0.1, 0.15) is 24.7 Å². The summed E-state index contributed by atoms with van der Waals surface area (Å²) in [6.45, 7) is 3.30. The molecule has 0 aromatic heterocycles. The van der Waals surface area contributed by atoms with Crippen LogP contribution in [0, 0.1) is 5.82 Å². The van der Waals surface area contributed by atoms with Gasteiger partial charge in [0, 0.05) is 4.47 Å². The van der Waals surface area contributed by atoms with Crippen molar-refractivity contribution >= 4 is 45.5 Å². The maximum Gasteiger partial charge on any atom is 0.329 e. The third-order valence-corrected chi connectivity index (χ3v) is 5.04. The highest BCUT2D eigenvalue weighted by Crippen LogP contribution is 2.35. The number of nitrogens with one attached hydrogen (secondary N) is 2. The fraction of sp³-hybridized carbons (Fsp3) is 0.136. The molecule has 166 valence electrons. The van der Waals surface area contributed by atoms with Crippen LogP contribution in [0.1, 0.15) is 5.56 Å². The number of hydrogen-bond donors (Lipinski definition) is 2. The number of nitrogens with zero attached hydrogens (tertiary/aromatic N) is 1. The number of halogens is 2. The molecule has 8 nitrogen and oxygen atoms in total. The van der Waals surface area contributed by atoms with E-state index in [0.29, 0.717) is 21.5 Å². The largest absolute Gasteiger partial charge is 0.493 e. The minimum Gasteiger partial charge on any atom is -0.493 e. The van der Waals surface area contributed by atoms with Crippen LogP contribution in [0.5, 0.6) is 11.5 Å². The first kappa shape index (κ1) is 23.0. The molecule has 0 saturated carbocycles. The van der Waals surface area contributed by atoms with Crippen molar-refractivity contribution in [2.45, 2.75) is 0 Å². The van der Waals surface area contributed by atoms with Crippen LogP contribution in [-0.4, -0.2) is 43.0 Å². The molecule has 1 heterocycles. The van der Waals surface area contributed by atoms with Crippen molar-refractivity contribution in [2.24, 2.45) is 0 Å². The van der Waals surface area contributed by atoms with E-state index >= 15 is 0 Å². The van der Waals surface area contributed by atoms with Crippen LogP contribution in [0.3, 0.4) is 0 Å². The summed E-state index contributed by atoms with van der Waals surface area (Å²) in [6.07, 6.45) is 3.03. The van der Waals surface area contributed by atoms with Crippen molar-refractivity contribution in [1.29, 1.82) is 0 Å². The maximum atomic E-state index is 13.7. The van der Waals surface area contributed by atoms with E-state index in [4.69, 9.17) is 9.47 Å². The molecule has 0 radical (unpaired) electrons. The molecule has 3 rings (SSSR count). The molecule has 1 fully saturated rings. The van der Waals surface area contributed by atoms with E-state index in [9.17, 15) is 18.8 Å². The molecule has 2 aromatic rings. The predicted octanol–water partition coefficient (Wildman–Crippen LogP) is 3.69. The lowest BCUT2D eigenvalue weighted by molar-refractivity contribution is -0.127. The normalized spacial score (nSPS) is 14.3. The predicted molar refractivity (Wildman–Crippen MR) is 120 cm³/mol. The Labute approximate surface area is 191 Å². The first-order chi connectivity index (χ1) is 15.3. The lowest BCUT2D eigenvalue weighted by Gasteiger charge is -2.12. The number of rotatable bonds is 8. The Morgan fingerprint density at radius 1 is 1.28 bits per heavy atom. The second-order valence-corrected chi connectivity index (χ2v) is 7.39. The van der Waals surface area contributed by atoms with Crippen molar-refractivity contribution in [2.75, 3.05) is 25.6 Å². The summed E-state index contributed by atoms with van der Waals surface area (Å²) in [7, 11) is 1.47. The third-order valence-electron chi connectivity index (χ3n) is 4.35. The zero-order valence-corrected chi connectivity index (χ0v) is 18.6. The second kappa shape index (κ2) is 10.1. The lowest BCUT2D eigenvalue weighted by Crippen LogP contribution is -2.38. The van der Waals surface area contributed by atoms with Crippen molar-refractivity contribution in [3.05, 3.63) is 70.6 Å². The fourth-order valence-electron chi connectivity index (χ4n) is 2.85. The van der Waals surface area contributed by atoms with Gasteiger partial charge in [-0.1, -0.05) is 40.7 Å². The summed E-state index contributed by atoms with van der Waals surface area (Å²) in [4.78, 5) is 37.9. The highest BCUT2D eigenvalue weighted by Gasteiger charge is 2.35. The van der Waals surface area contributed by atoms with Crippen molar-refractivity contribution in [1.82, 2.24) is 10.2 Å². The van der Waals surface area contributed by atoms with Gasteiger partial charge in [-0.05, 0) is 35.9 Å². The molecule has 0 atom stereocenters. The number of hydrogen-bond acceptors (Lipinski definition) is 5. The van der Waals surface area contributed by atoms with E-state index < -0.39 is 30.2 Å². The summed E-state index contributed by atoms with van der Waals surface area (Å²) in [5, 5.41) is 4.77. The van der Waals surface area contributed by atoms with Crippen molar-refractivity contribution in [3.63, 3.8) is 0 Å². The minimum absolute atomic E-state index is 0.0313. The summed E-state index contributed by atoms with van der Waals surface area (Å²) < 4.78 is 25.1. The quantitative estimate of drug-likeness (QED) is 0.325. The number of benzene rings is 2. The maximum absolute atomic E-state index is 13.7. The molecule has 10 heteroatoms. The Bertz CT molecular complexity index is 1120. The molecular weight excluding hydrogens is 485 g/mol. The average molecular weight is 504 g/mol. The number of methoxy groups -OCH3 is 1. The molecular formula is C22H19BrFN3O5. The molecule has 0 unspecified atom stereocenters. The lowest BCUT2D eigenvalue weighted by atomic mass is 10.1. The first-order valence-electron chi connectivity index (χ1n) is 9.34. The fourth-order valence-corrected chi connectivity index (χ4v) is 3.29. The smallest absolute Gasteiger partial charge is 0.329 e. The Morgan fingerprint density at radius 3 is 2.72 bits per heavy atom. The summed E-state index contributed by atoms with van der Waals surface area (Å²) in [6, 6.07) is 8.11. The van der Waals surface area contributed by atoms with E-state index in [1.807, 2.05) is 0 Å². The molecule has 0 spiro atoms. The van der Waals surface area contributed by atoms with Crippen LogP contribution in [-0.2, 0) is 9.59 Å². The van der Waals surface area contributed by atoms with Crippen LogP contribution >= 0.6 is 15.9 Å². The standard InChI is InChI=1S/C22H19BrFN3O5/c1-3-8-32-19-11-14(23)13(10-18(19)31-2)9-17-21(29)27(22(30)26-17)12-20(28)25-16-7-5-4-6-15(16)24/h3-7,9-11H,1,8,12H2,2H3,(H,25,28)(H,26,30)/b17-9+. The minimum atomic E-state index is -0.765. The third kappa shape index (κ3) is 5.14. The van der Waals surface area contributed by atoms with Gasteiger partial charge in [0.15, 0.2) is 11.5 Å². The van der Waals surface area contributed by atoms with Gasteiger partial charge in [0.2, 0.25) is 5.91 Å². The first-order valence-corrected chi connectivity index (χ1v) is 10.1. The molecule has 4 amide bonds. The number of imide groups is 1. The van der Waals surface area contributed by atoms with E-state index in [1.54, 1.807) is 24.3 Å². The van der Waals surface area contributed by atoms with Gasteiger partial charge in [-0.3, -0.25) is 9.59 Å². The number of carbonyl (C=O) groups is 3. The number of urea groups is 1. The van der Waals surface area contributed by atoms with E-state index in [2.05, 4.69) is 33.1 Å². The Balaban J connectivity index is 1.77. The number of anilines is 1. The van der Waals surface area contributed by atoms with Crippen molar-refractivity contribution < 1.29 is 28.2 Å². The Morgan fingerprint density at radius 2 is 2.03 bits per heavy atom. The van der Waals surface area contributed by atoms with Gasteiger partial charge in [-0.2, -0.15) is 0 Å². The topological polar surface area (TPSA) is 97.0 Å². The Hall–Kier alpha value is -3.66. The van der Waals surface area contributed by atoms with Crippen LogP contribution < -0.4 is 20.1 Å². The summed E-state index contributed by atoms with van der Waals surface area (Å²) in [5.74, 6) is -1.16. The van der Waals surface area contributed by atoms with Crippen LogP contribution in [0.2, 0.25) is 0 Å². The Kier molecular flexibility index (Phi) is 7.26. The molecule has 32 heavy (non-hydrogen) atoms. The molecule has 0 aliphatic carbocycles. The number of amides is 4. The van der Waals surface area contributed by atoms with Crippen LogP contribution in [0.4, 0.5) is 14.9 Å². The molecule has 0 bridgehead atoms. The monoisotopic (exact) mass is 503 g/mol. The highest BCUT2D eigenvalue weighted by atomic mass is 79.9. The highest BCUT2D eigenvalue weighted by molar-refractivity contribution is 9.10. The van der Waals surface area contributed by atoms with Crippen LogP contribution in [0.15, 0.2) is 59.2 Å². The van der Waals surface area contributed by atoms with E-state index in [0.717, 1.165) is 4.90 Å². The molecule has 2 aromatic carbocycles. The molecule has 1 aliphatic heterocycles. The van der Waals surface area contributed by atoms with Gasteiger partial charge in [0.05, 0.1) is 12.8 Å². The van der Waals surface area contributed by atoms with Crippen molar-refractivity contribution in [3.8, 4) is 11.5 Å².